The van der Waals surface area contributed by atoms with Crippen LogP contribution in [0.4, 0.5) is 0 Å². The van der Waals surface area contributed by atoms with E-state index in [4.69, 9.17) is 14.2 Å². The van der Waals surface area contributed by atoms with Gasteiger partial charge in [-0.25, -0.2) is 0 Å². The van der Waals surface area contributed by atoms with Gasteiger partial charge in [-0.1, -0.05) is 0 Å². The van der Waals surface area contributed by atoms with Crippen molar-refractivity contribution in [3.63, 3.8) is 0 Å². The number of carbonyl (C=O) groups is 1. The summed E-state index contributed by atoms with van der Waals surface area (Å²) in [6.45, 7) is 1.91. The molecule has 1 aliphatic heterocycles. The lowest BCUT2D eigenvalue weighted by Crippen LogP contribution is -2.43. The highest BCUT2D eigenvalue weighted by Gasteiger charge is 2.18. The minimum atomic E-state index is 0. The maximum atomic E-state index is 12.2. The summed E-state index contributed by atoms with van der Waals surface area (Å²) in [5, 5.41) is 6.36. The van der Waals surface area contributed by atoms with Gasteiger partial charge in [-0.05, 0) is 43.6 Å². The lowest BCUT2D eigenvalue weighted by Gasteiger charge is -2.23. The predicted molar refractivity (Wildman–Crippen MR) is 91.1 cm³/mol. The van der Waals surface area contributed by atoms with Crippen molar-refractivity contribution in [3.05, 3.63) is 17.7 Å². The van der Waals surface area contributed by atoms with Gasteiger partial charge in [0.05, 0.1) is 27.8 Å². The smallest absolute Gasteiger partial charge is 0.224 e. The molecule has 1 fully saturated rings. The molecule has 1 amide bonds. The van der Waals surface area contributed by atoms with Crippen LogP contribution in [0.25, 0.3) is 0 Å². The number of hydrogen-bond donors (Lipinski definition) is 2. The summed E-state index contributed by atoms with van der Waals surface area (Å²) in [4.78, 5) is 12.2. The number of piperidine rings is 1. The first-order valence-corrected chi connectivity index (χ1v) is 7.47. The molecule has 0 aliphatic carbocycles. The second-order valence-electron chi connectivity index (χ2n) is 5.30. The van der Waals surface area contributed by atoms with Gasteiger partial charge in [-0.15, -0.1) is 12.4 Å². The van der Waals surface area contributed by atoms with E-state index in [2.05, 4.69) is 10.6 Å². The van der Waals surface area contributed by atoms with Crippen LogP contribution in [0, 0.1) is 0 Å². The van der Waals surface area contributed by atoms with Crippen LogP contribution < -0.4 is 24.8 Å². The van der Waals surface area contributed by atoms with Gasteiger partial charge in [0.15, 0.2) is 11.5 Å². The molecule has 7 heteroatoms. The second kappa shape index (κ2) is 9.47. The Kier molecular flexibility index (Phi) is 7.98. The average molecular weight is 345 g/mol. The van der Waals surface area contributed by atoms with Crippen molar-refractivity contribution in [2.75, 3.05) is 34.4 Å². The van der Waals surface area contributed by atoms with Crippen LogP contribution in [-0.4, -0.2) is 46.4 Å². The Balaban J connectivity index is 0.00000264. The molecule has 0 spiro atoms. The molecule has 0 atom stereocenters. The molecule has 1 aliphatic rings. The van der Waals surface area contributed by atoms with Crippen molar-refractivity contribution in [2.45, 2.75) is 25.3 Å². The van der Waals surface area contributed by atoms with Crippen molar-refractivity contribution in [1.82, 2.24) is 10.6 Å². The van der Waals surface area contributed by atoms with Gasteiger partial charge in [-0.2, -0.15) is 0 Å². The quantitative estimate of drug-likeness (QED) is 0.819. The van der Waals surface area contributed by atoms with E-state index in [1.165, 1.54) is 0 Å². The van der Waals surface area contributed by atoms with Gasteiger partial charge in [0, 0.05) is 6.04 Å². The molecule has 1 saturated heterocycles. The molecule has 0 saturated carbocycles. The maximum Gasteiger partial charge on any atom is 0.224 e. The number of amides is 1. The zero-order chi connectivity index (χ0) is 15.9. The van der Waals surface area contributed by atoms with Gasteiger partial charge in [0.25, 0.3) is 0 Å². The third-order valence-corrected chi connectivity index (χ3v) is 3.79. The van der Waals surface area contributed by atoms with E-state index in [9.17, 15) is 4.79 Å². The highest BCUT2D eigenvalue weighted by atomic mass is 35.5. The molecule has 2 rings (SSSR count). The maximum absolute atomic E-state index is 12.2. The van der Waals surface area contributed by atoms with Gasteiger partial charge < -0.3 is 24.8 Å². The lowest BCUT2D eigenvalue weighted by molar-refractivity contribution is -0.121. The fraction of sp³-hybridized carbons (Fsp3) is 0.562. The fourth-order valence-corrected chi connectivity index (χ4v) is 2.67. The topological polar surface area (TPSA) is 68.8 Å². The van der Waals surface area contributed by atoms with Gasteiger partial charge in [0.2, 0.25) is 11.7 Å². The zero-order valence-corrected chi connectivity index (χ0v) is 14.6. The van der Waals surface area contributed by atoms with Gasteiger partial charge >= 0.3 is 0 Å². The Bertz CT molecular complexity index is 494. The molecule has 1 aromatic carbocycles. The molecule has 1 aromatic rings. The minimum absolute atomic E-state index is 0. The van der Waals surface area contributed by atoms with Crippen molar-refractivity contribution >= 4 is 18.3 Å². The third kappa shape index (κ3) is 5.18. The van der Waals surface area contributed by atoms with Crippen LogP contribution in [0.15, 0.2) is 12.1 Å². The Hall–Kier alpha value is -1.66. The summed E-state index contributed by atoms with van der Waals surface area (Å²) in [5.74, 6) is 1.67. The normalized spacial score (nSPS) is 14.6. The number of rotatable bonds is 6. The van der Waals surface area contributed by atoms with Crippen LogP contribution in [-0.2, 0) is 11.2 Å². The number of methoxy groups -OCH3 is 3. The number of halogens is 1. The number of benzene rings is 1. The standard InChI is InChI=1S/C16H24N2O4.ClH/c1-20-13-8-11(9-14(21-2)16(13)22-3)10-15(19)18-12-4-6-17-7-5-12;/h8-9,12,17H,4-7,10H2,1-3H3,(H,18,19);1H. The zero-order valence-electron chi connectivity index (χ0n) is 13.8. The number of hydrogen-bond acceptors (Lipinski definition) is 5. The predicted octanol–water partition coefficient (Wildman–Crippen LogP) is 1.54. The Labute approximate surface area is 143 Å². The third-order valence-electron chi connectivity index (χ3n) is 3.79. The van der Waals surface area contributed by atoms with Crippen molar-refractivity contribution in [3.8, 4) is 17.2 Å². The first-order valence-electron chi connectivity index (χ1n) is 7.47. The molecular weight excluding hydrogens is 320 g/mol. The summed E-state index contributed by atoms with van der Waals surface area (Å²) in [5.41, 5.74) is 0.834. The fourth-order valence-electron chi connectivity index (χ4n) is 2.67. The molecule has 0 aromatic heterocycles. The first-order chi connectivity index (χ1) is 10.7. The minimum Gasteiger partial charge on any atom is -0.493 e. The van der Waals surface area contributed by atoms with Crippen LogP contribution in [0.3, 0.4) is 0 Å². The van der Waals surface area contributed by atoms with Crippen molar-refractivity contribution < 1.29 is 19.0 Å². The summed E-state index contributed by atoms with van der Waals surface area (Å²) in [7, 11) is 4.69. The van der Waals surface area contributed by atoms with Crippen molar-refractivity contribution in [1.29, 1.82) is 0 Å². The van der Waals surface area contributed by atoms with E-state index in [1.807, 2.05) is 12.1 Å². The summed E-state index contributed by atoms with van der Waals surface area (Å²) < 4.78 is 15.9. The Morgan fingerprint density at radius 3 is 2.17 bits per heavy atom. The molecule has 0 unspecified atom stereocenters. The number of ether oxygens (including phenoxy) is 3. The average Bonchev–Trinajstić information content (AvgIpc) is 2.54. The lowest BCUT2D eigenvalue weighted by atomic mass is 10.1. The number of carbonyl (C=O) groups excluding carboxylic acids is 1. The van der Waals surface area contributed by atoms with Crippen LogP contribution in [0.5, 0.6) is 17.2 Å². The SMILES string of the molecule is COc1cc(CC(=O)NC2CCNCC2)cc(OC)c1OC.Cl. The van der Waals surface area contributed by atoms with Crippen LogP contribution in [0.1, 0.15) is 18.4 Å². The van der Waals surface area contributed by atoms with E-state index in [1.54, 1.807) is 21.3 Å². The second-order valence-corrected chi connectivity index (χ2v) is 5.30. The molecule has 1 heterocycles. The highest BCUT2D eigenvalue weighted by Crippen LogP contribution is 2.38. The van der Waals surface area contributed by atoms with E-state index in [-0.39, 0.29) is 24.4 Å². The summed E-state index contributed by atoms with van der Waals surface area (Å²) >= 11 is 0. The highest BCUT2D eigenvalue weighted by molar-refractivity contribution is 5.85. The van der Waals surface area contributed by atoms with E-state index in [0.29, 0.717) is 23.7 Å². The monoisotopic (exact) mass is 344 g/mol. The van der Waals surface area contributed by atoms with Crippen LogP contribution in [0.2, 0.25) is 0 Å². The number of nitrogens with one attached hydrogen (secondary N) is 2. The molecular formula is C16H25ClN2O4. The van der Waals surface area contributed by atoms with Crippen LogP contribution >= 0.6 is 12.4 Å². The van der Waals surface area contributed by atoms with E-state index >= 15 is 0 Å². The molecule has 0 bridgehead atoms. The van der Waals surface area contributed by atoms with E-state index < -0.39 is 0 Å². The Morgan fingerprint density at radius 1 is 1.13 bits per heavy atom. The summed E-state index contributed by atoms with van der Waals surface area (Å²) in [6, 6.07) is 3.88. The molecule has 130 valence electrons. The van der Waals surface area contributed by atoms with Crippen molar-refractivity contribution in [2.24, 2.45) is 0 Å². The molecule has 0 radical (unpaired) electrons. The van der Waals surface area contributed by atoms with Gasteiger partial charge in [-0.3, -0.25) is 4.79 Å². The molecule has 2 N–H and O–H groups in total. The van der Waals surface area contributed by atoms with Gasteiger partial charge in [0.1, 0.15) is 0 Å². The van der Waals surface area contributed by atoms with E-state index in [0.717, 1.165) is 31.5 Å². The largest absolute Gasteiger partial charge is 0.493 e. The Morgan fingerprint density at radius 2 is 1.70 bits per heavy atom. The molecule has 6 nitrogen and oxygen atoms in total. The molecule has 23 heavy (non-hydrogen) atoms. The summed E-state index contributed by atoms with van der Waals surface area (Å²) in [6.07, 6.45) is 2.24. The first kappa shape index (κ1) is 19.4.